The molecule has 2 N–H and O–H groups in total. The molecule has 2 heterocycles. The third-order valence-corrected chi connectivity index (χ3v) is 3.87. The second-order valence-corrected chi connectivity index (χ2v) is 5.38. The molecule has 2 saturated heterocycles. The summed E-state index contributed by atoms with van der Waals surface area (Å²) in [7, 11) is 3.30. The van der Waals surface area contributed by atoms with E-state index in [0.717, 1.165) is 6.42 Å². The lowest BCUT2D eigenvalue weighted by molar-refractivity contribution is -0.127. The minimum absolute atomic E-state index is 0.316. The van der Waals surface area contributed by atoms with Crippen molar-refractivity contribution in [3.63, 3.8) is 0 Å². The summed E-state index contributed by atoms with van der Waals surface area (Å²) >= 11 is 0. The van der Waals surface area contributed by atoms with Crippen LogP contribution in [-0.4, -0.2) is 87.0 Å². The number of hydrogen-bond donors (Lipinski definition) is 2. The van der Waals surface area contributed by atoms with E-state index in [9.17, 15) is 9.59 Å². The molecule has 0 aromatic carbocycles. The number of amides is 3. The molecule has 2 fully saturated rings. The number of nitrogens with zero attached hydrogens (tertiary/aromatic N) is 3. The number of imide groups is 1. The van der Waals surface area contributed by atoms with Gasteiger partial charge in [0.05, 0.1) is 6.61 Å². The Bertz CT molecular complexity index is 470. The number of aliphatic imine (C=N–C) groups is 1. The van der Waals surface area contributed by atoms with Crippen molar-refractivity contribution in [1.82, 2.24) is 20.4 Å². The Morgan fingerprint density at radius 3 is 2.78 bits per heavy atom. The van der Waals surface area contributed by atoms with Crippen LogP contribution >= 0.6 is 0 Å². The first-order valence-electron chi connectivity index (χ1n) is 7.82. The zero-order chi connectivity index (χ0) is 16.8. The summed E-state index contributed by atoms with van der Waals surface area (Å²) in [5.41, 5.74) is 0. The molecule has 0 radical (unpaired) electrons. The van der Waals surface area contributed by atoms with Crippen molar-refractivity contribution in [3.8, 4) is 0 Å². The zero-order valence-electron chi connectivity index (χ0n) is 13.9. The maximum absolute atomic E-state index is 12.2. The second kappa shape index (κ2) is 8.11. The number of guanidine groups is 1. The molecule has 0 saturated carbocycles. The smallest absolute Gasteiger partial charge is 0.325 e. The maximum Gasteiger partial charge on any atom is 0.325 e. The molecule has 130 valence electrons. The standard InChI is InChI=1S/C14H25N5O4/c1-4-23-9-7-19-10-11(18(2)14(21)17-12(10)20)16-13(19)15-6-5-8-22-3/h10-11H,4-9H2,1-3H3,(H,15,16)(H,17,20,21). The van der Waals surface area contributed by atoms with Crippen LogP contribution in [0.3, 0.4) is 0 Å². The van der Waals surface area contributed by atoms with Gasteiger partial charge in [0, 0.05) is 40.5 Å². The van der Waals surface area contributed by atoms with E-state index in [-0.39, 0.29) is 5.91 Å². The van der Waals surface area contributed by atoms with Gasteiger partial charge in [-0.15, -0.1) is 0 Å². The second-order valence-electron chi connectivity index (χ2n) is 5.38. The van der Waals surface area contributed by atoms with Gasteiger partial charge in [-0.3, -0.25) is 15.1 Å². The third-order valence-electron chi connectivity index (χ3n) is 3.87. The molecular weight excluding hydrogens is 302 g/mol. The summed E-state index contributed by atoms with van der Waals surface area (Å²) in [5, 5.41) is 5.55. The summed E-state index contributed by atoms with van der Waals surface area (Å²) < 4.78 is 10.4. The Morgan fingerprint density at radius 2 is 2.09 bits per heavy atom. The molecule has 2 atom stereocenters. The van der Waals surface area contributed by atoms with E-state index >= 15 is 0 Å². The van der Waals surface area contributed by atoms with Crippen LogP contribution in [0.4, 0.5) is 4.79 Å². The predicted octanol–water partition coefficient (Wildman–Crippen LogP) is -0.803. The number of hydrogen-bond acceptors (Lipinski definition) is 5. The minimum atomic E-state index is -0.501. The number of likely N-dealkylation sites (N-methyl/N-ethyl adjacent to an activating group) is 1. The van der Waals surface area contributed by atoms with Crippen LogP contribution in [0, 0.1) is 0 Å². The summed E-state index contributed by atoms with van der Waals surface area (Å²) in [5.74, 6) is 0.302. The summed E-state index contributed by atoms with van der Waals surface area (Å²) in [6, 6.07) is -0.909. The van der Waals surface area contributed by atoms with Gasteiger partial charge in [0.2, 0.25) is 0 Å². The van der Waals surface area contributed by atoms with Crippen LogP contribution in [0.25, 0.3) is 0 Å². The monoisotopic (exact) mass is 327 g/mol. The Labute approximate surface area is 136 Å². The van der Waals surface area contributed by atoms with Gasteiger partial charge in [0.1, 0.15) is 6.17 Å². The van der Waals surface area contributed by atoms with Gasteiger partial charge in [-0.25, -0.2) is 4.79 Å². The fraction of sp³-hybridized carbons (Fsp3) is 0.786. The molecule has 2 aliphatic heterocycles. The Hall–Kier alpha value is -1.87. The molecular formula is C14H25N5O4. The van der Waals surface area contributed by atoms with Crippen molar-refractivity contribution in [2.45, 2.75) is 25.6 Å². The van der Waals surface area contributed by atoms with Gasteiger partial charge < -0.3 is 24.6 Å². The minimum Gasteiger partial charge on any atom is -0.385 e. The lowest BCUT2D eigenvalue weighted by Gasteiger charge is -2.35. The van der Waals surface area contributed by atoms with Gasteiger partial charge in [-0.1, -0.05) is 0 Å². The summed E-state index contributed by atoms with van der Waals surface area (Å²) in [4.78, 5) is 31.9. The quantitative estimate of drug-likeness (QED) is 0.567. The van der Waals surface area contributed by atoms with E-state index in [0.29, 0.717) is 38.9 Å². The highest BCUT2D eigenvalue weighted by molar-refractivity contribution is 6.04. The van der Waals surface area contributed by atoms with Gasteiger partial charge in [-0.05, 0) is 13.3 Å². The lowest BCUT2D eigenvalue weighted by atomic mass is 10.1. The van der Waals surface area contributed by atoms with Crippen molar-refractivity contribution in [2.75, 3.05) is 47.1 Å². The van der Waals surface area contributed by atoms with Crippen LogP contribution in [0.1, 0.15) is 13.3 Å². The number of ether oxygens (including phenoxy) is 2. The highest BCUT2D eigenvalue weighted by Gasteiger charge is 2.49. The Balaban J connectivity index is 2.12. The first kappa shape index (κ1) is 17.5. The fourth-order valence-electron chi connectivity index (χ4n) is 2.67. The van der Waals surface area contributed by atoms with E-state index in [4.69, 9.17) is 9.47 Å². The number of nitrogens with one attached hydrogen (secondary N) is 2. The van der Waals surface area contributed by atoms with Crippen molar-refractivity contribution < 1.29 is 19.1 Å². The van der Waals surface area contributed by atoms with E-state index in [1.54, 1.807) is 14.2 Å². The molecule has 23 heavy (non-hydrogen) atoms. The van der Waals surface area contributed by atoms with E-state index in [2.05, 4.69) is 15.6 Å². The molecule has 0 aromatic heterocycles. The van der Waals surface area contributed by atoms with Crippen molar-refractivity contribution in [3.05, 3.63) is 0 Å². The van der Waals surface area contributed by atoms with Gasteiger partial charge in [0.15, 0.2) is 12.0 Å². The molecule has 0 aromatic rings. The molecule has 0 bridgehead atoms. The number of carbonyl (C=O) groups is 2. The van der Waals surface area contributed by atoms with Crippen molar-refractivity contribution >= 4 is 17.9 Å². The van der Waals surface area contributed by atoms with Gasteiger partial charge >= 0.3 is 6.03 Å². The molecule has 2 rings (SSSR count). The third kappa shape index (κ3) is 3.91. The SMILES string of the molecule is CCOCCN1C(=NCCCOC)NC2C1C(=O)NC(=O)N2C. The Morgan fingerprint density at radius 1 is 1.30 bits per heavy atom. The highest BCUT2D eigenvalue weighted by atomic mass is 16.5. The van der Waals surface area contributed by atoms with Crippen LogP contribution < -0.4 is 10.6 Å². The lowest BCUT2D eigenvalue weighted by Crippen LogP contribution is -2.65. The largest absolute Gasteiger partial charge is 0.385 e. The number of rotatable bonds is 8. The van der Waals surface area contributed by atoms with E-state index < -0.39 is 18.2 Å². The summed E-state index contributed by atoms with van der Waals surface area (Å²) in [6.07, 6.45) is 0.371. The first-order valence-corrected chi connectivity index (χ1v) is 7.82. The number of urea groups is 1. The molecule has 9 heteroatoms. The normalized spacial score (nSPS) is 25.6. The van der Waals surface area contributed by atoms with Crippen molar-refractivity contribution in [1.29, 1.82) is 0 Å². The average molecular weight is 327 g/mol. The first-order chi connectivity index (χ1) is 11.1. The summed E-state index contributed by atoms with van der Waals surface area (Å²) in [6.45, 7) is 4.76. The molecule has 0 spiro atoms. The molecule has 3 amide bonds. The molecule has 9 nitrogen and oxygen atoms in total. The molecule has 2 unspecified atom stereocenters. The fourth-order valence-corrected chi connectivity index (χ4v) is 2.67. The number of methoxy groups -OCH3 is 1. The predicted molar refractivity (Wildman–Crippen MR) is 84.0 cm³/mol. The highest BCUT2D eigenvalue weighted by Crippen LogP contribution is 2.20. The zero-order valence-corrected chi connectivity index (χ0v) is 13.9. The van der Waals surface area contributed by atoms with Crippen molar-refractivity contribution in [2.24, 2.45) is 4.99 Å². The topological polar surface area (TPSA) is 95.5 Å². The van der Waals surface area contributed by atoms with E-state index in [1.165, 1.54) is 4.90 Å². The number of fused-ring (bicyclic) bond motifs is 1. The van der Waals surface area contributed by atoms with Gasteiger partial charge in [0.25, 0.3) is 5.91 Å². The van der Waals surface area contributed by atoms with Gasteiger partial charge in [-0.2, -0.15) is 0 Å². The van der Waals surface area contributed by atoms with Crippen LogP contribution in [-0.2, 0) is 14.3 Å². The van der Waals surface area contributed by atoms with Crippen LogP contribution in [0.2, 0.25) is 0 Å². The van der Waals surface area contributed by atoms with Crippen LogP contribution in [0.5, 0.6) is 0 Å². The Kier molecular flexibility index (Phi) is 6.17. The molecule has 2 aliphatic rings. The molecule has 0 aliphatic carbocycles. The van der Waals surface area contributed by atoms with Crippen LogP contribution in [0.15, 0.2) is 4.99 Å². The average Bonchev–Trinajstić information content (AvgIpc) is 2.89. The van der Waals surface area contributed by atoms with E-state index in [1.807, 2.05) is 11.8 Å². The maximum atomic E-state index is 12.2. The number of carbonyl (C=O) groups excluding carboxylic acids is 2.